The van der Waals surface area contributed by atoms with Gasteiger partial charge in [0.05, 0.1) is 0 Å². The molecule has 1 amide bonds. The highest BCUT2D eigenvalue weighted by atomic mass is 16.7. The van der Waals surface area contributed by atoms with Crippen molar-refractivity contribution in [2.45, 2.75) is 6.92 Å². The van der Waals surface area contributed by atoms with Gasteiger partial charge >= 0.3 is 0 Å². The molecule has 1 aromatic rings. The third kappa shape index (κ3) is 3.99. The van der Waals surface area contributed by atoms with Crippen LogP contribution in [0, 0.1) is 0 Å². The lowest BCUT2D eigenvalue weighted by Crippen LogP contribution is -2.30. The summed E-state index contributed by atoms with van der Waals surface area (Å²) in [5.41, 5.74) is 0.908. The Morgan fingerprint density at radius 3 is 3.00 bits per heavy atom. The molecule has 0 spiro atoms. The van der Waals surface area contributed by atoms with Crippen LogP contribution in [0.1, 0.15) is 12.5 Å². The van der Waals surface area contributed by atoms with Gasteiger partial charge in [-0.25, -0.2) is 0 Å². The van der Waals surface area contributed by atoms with Crippen molar-refractivity contribution in [2.75, 3.05) is 26.4 Å². The van der Waals surface area contributed by atoms with Crippen LogP contribution in [0.15, 0.2) is 24.3 Å². The summed E-state index contributed by atoms with van der Waals surface area (Å²) >= 11 is 0. The van der Waals surface area contributed by atoms with Crippen molar-refractivity contribution in [3.05, 3.63) is 29.8 Å². The highest BCUT2D eigenvalue weighted by molar-refractivity contribution is 5.91. The summed E-state index contributed by atoms with van der Waals surface area (Å²) in [6.07, 6.45) is 3.27. The molecule has 0 aromatic heterocycles. The Bertz CT molecular complexity index is 472. The molecule has 0 aliphatic carbocycles. The van der Waals surface area contributed by atoms with Gasteiger partial charge in [0.25, 0.3) is 0 Å². The van der Waals surface area contributed by atoms with Gasteiger partial charge < -0.3 is 20.1 Å². The molecule has 1 aliphatic heterocycles. The first-order valence-corrected chi connectivity index (χ1v) is 6.36. The monoisotopic (exact) mass is 262 g/mol. The molecule has 19 heavy (non-hydrogen) atoms. The van der Waals surface area contributed by atoms with E-state index in [4.69, 9.17) is 9.47 Å². The first-order valence-electron chi connectivity index (χ1n) is 6.36. The maximum Gasteiger partial charge on any atom is 0.244 e. The van der Waals surface area contributed by atoms with E-state index in [1.54, 1.807) is 6.08 Å². The molecule has 1 aliphatic rings. The van der Waals surface area contributed by atoms with Crippen molar-refractivity contribution in [3.8, 4) is 11.5 Å². The number of carbonyl (C=O) groups excluding carboxylic acids is 1. The quantitative estimate of drug-likeness (QED) is 0.596. The molecule has 2 N–H and O–H groups in total. The average molecular weight is 262 g/mol. The maximum absolute atomic E-state index is 11.5. The normalized spacial score (nSPS) is 12.9. The van der Waals surface area contributed by atoms with Crippen LogP contribution < -0.4 is 20.1 Å². The number of amides is 1. The van der Waals surface area contributed by atoms with Crippen molar-refractivity contribution in [1.82, 2.24) is 10.6 Å². The molecular formula is C14H18N2O3. The molecule has 0 saturated heterocycles. The van der Waals surface area contributed by atoms with E-state index in [1.807, 2.05) is 25.1 Å². The number of nitrogens with one attached hydrogen (secondary N) is 2. The van der Waals surface area contributed by atoms with E-state index in [2.05, 4.69) is 10.6 Å². The van der Waals surface area contributed by atoms with Crippen molar-refractivity contribution in [2.24, 2.45) is 0 Å². The third-order valence-electron chi connectivity index (χ3n) is 2.67. The van der Waals surface area contributed by atoms with Crippen LogP contribution in [-0.2, 0) is 4.79 Å². The molecule has 2 rings (SSSR count). The fourth-order valence-electron chi connectivity index (χ4n) is 1.70. The second-order valence-electron chi connectivity index (χ2n) is 4.09. The number of benzene rings is 1. The van der Waals surface area contributed by atoms with Crippen LogP contribution in [0.2, 0.25) is 0 Å². The summed E-state index contributed by atoms with van der Waals surface area (Å²) in [4.78, 5) is 11.5. The second-order valence-corrected chi connectivity index (χ2v) is 4.09. The van der Waals surface area contributed by atoms with E-state index < -0.39 is 0 Å². The highest BCUT2D eigenvalue weighted by Gasteiger charge is 2.12. The van der Waals surface area contributed by atoms with E-state index in [9.17, 15) is 4.79 Å². The van der Waals surface area contributed by atoms with Gasteiger partial charge in [-0.2, -0.15) is 0 Å². The number of rotatable bonds is 6. The highest BCUT2D eigenvalue weighted by Crippen LogP contribution is 2.32. The number of likely N-dealkylation sites (N-methyl/N-ethyl adjacent to an activating group) is 1. The summed E-state index contributed by atoms with van der Waals surface area (Å²) in [6.45, 7) is 4.59. The Kier molecular flexibility index (Phi) is 4.80. The standard InChI is InChI=1S/C14H18N2O3/c1-2-15-7-8-16-14(17)6-4-11-3-5-12-13(9-11)19-10-18-12/h3-6,9,15H,2,7-8,10H2,1H3,(H,16,17)/b6-4+. The first kappa shape index (κ1) is 13.4. The van der Waals surface area contributed by atoms with Crippen molar-refractivity contribution >= 4 is 12.0 Å². The van der Waals surface area contributed by atoms with Crippen LogP contribution in [-0.4, -0.2) is 32.3 Å². The van der Waals surface area contributed by atoms with Crippen LogP contribution in [0.5, 0.6) is 11.5 Å². The topological polar surface area (TPSA) is 59.6 Å². The number of fused-ring (bicyclic) bond motifs is 1. The predicted molar refractivity (Wildman–Crippen MR) is 73.2 cm³/mol. The minimum atomic E-state index is -0.101. The van der Waals surface area contributed by atoms with Crippen LogP contribution >= 0.6 is 0 Å². The van der Waals surface area contributed by atoms with Gasteiger partial charge in [0.15, 0.2) is 11.5 Å². The van der Waals surface area contributed by atoms with Crippen molar-refractivity contribution in [1.29, 1.82) is 0 Å². The smallest absolute Gasteiger partial charge is 0.244 e. The molecule has 0 bridgehead atoms. The summed E-state index contributed by atoms with van der Waals surface area (Å²) in [5.74, 6) is 1.36. The molecule has 102 valence electrons. The summed E-state index contributed by atoms with van der Waals surface area (Å²) < 4.78 is 10.5. The van der Waals surface area contributed by atoms with Gasteiger partial charge in [0.1, 0.15) is 0 Å². The van der Waals surface area contributed by atoms with Crippen molar-refractivity contribution < 1.29 is 14.3 Å². The fraction of sp³-hybridized carbons (Fsp3) is 0.357. The molecule has 1 heterocycles. The Balaban J connectivity index is 1.83. The lowest BCUT2D eigenvalue weighted by atomic mass is 10.2. The molecule has 0 fully saturated rings. The molecule has 5 nitrogen and oxygen atoms in total. The van der Waals surface area contributed by atoms with E-state index in [0.29, 0.717) is 6.54 Å². The predicted octanol–water partition coefficient (Wildman–Crippen LogP) is 1.15. The van der Waals surface area contributed by atoms with Gasteiger partial charge in [-0.05, 0) is 30.3 Å². The Morgan fingerprint density at radius 2 is 2.16 bits per heavy atom. The van der Waals surface area contributed by atoms with E-state index in [0.717, 1.165) is 30.2 Å². The van der Waals surface area contributed by atoms with Crippen molar-refractivity contribution in [3.63, 3.8) is 0 Å². The number of ether oxygens (including phenoxy) is 2. The lowest BCUT2D eigenvalue weighted by Gasteiger charge is -2.02. The Labute approximate surface area is 112 Å². The lowest BCUT2D eigenvalue weighted by molar-refractivity contribution is -0.116. The maximum atomic E-state index is 11.5. The van der Waals surface area contributed by atoms with Crippen LogP contribution in [0.25, 0.3) is 6.08 Å². The van der Waals surface area contributed by atoms with E-state index >= 15 is 0 Å². The van der Waals surface area contributed by atoms with E-state index in [-0.39, 0.29) is 12.7 Å². The van der Waals surface area contributed by atoms with E-state index in [1.165, 1.54) is 6.08 Å². The SMILES string of the molecule is CCNCCNC(=O)/C=C/c1ccc2c(c1)OCO2. The zero-order valence-corrected chi connectivity index (χ0v) is 10.9. The fourth-order valence-corrected chi connectivity index (χ4v) is 1.70. The molecule has 0 unspecified atom stereocenters. The Morgan fingerprint density at radius 1 is 1.32 bits per heavy atom. The summed E-state index contributed by atoms with van der Waals surface area (Å²) in [5, 5.41) is 5.93. The molecule has 0 radical (unpaired) electrons. The first-order chi connectivity index (χ1) is 9.29. The van der Waals surface area contributed by atoms with Crippen LogP contribution in [0.4, 0.5) is 0 Å². The molecule has 1 aromatic carbocycles. The van der Waals surface area contributed by atoms with Gasteiger partial charge in [-0.1, -0.05) is 13.0 Å². The molecule has 0 atom stereocenters. The molecule has 0 saturated carbocycles. The summed E-state index contributed by atoms with van der Waals surface area (Å²) in [6, 6.07) is 5.58. The molecule has 5 heteroatoms. The number of carbonyl (C=O) groups is 1. The summed E-state index contributed by atoms with van der Waals surface area (Å²) in [7, 11) is 0. The van der Waals surface area contributed by atoms with Crippen LogP contribution in [0.3, 0.4) is 0 Å². The largest absolute Gasteiger partial charge is 0.454 e. The Hall–Kier alpha value is -2.01. The molecular weight excluding hydrogens is 244 g/mol. The number of hydrogen-bond donors (Lipinski definition) is 2. The zero-order valence-electron chi connectivity index (χ0n) is 10.9. The second kappa shape index (κ2) is 6.80. The van der Waals surface area contributed by atoms with Gasteiger partial charge in [0, 0.05) is 19.2 Å². The average Bonchev–Trinajstić information content (AvgIpc) is 2.89. The van der Waals surface area contributed by atoms with Gasteiger partial charge in [0.2, 0.25) is 12.7 Å². The minimum absolute atomic E-state index is 0.101. The zero-order chi connectivity index (χ0) is 13.5. The van der Waals surface area contributed by atoms with Gasteiger partial charge in [-0.15, -0.1) is 0 Å². The third-order valence-corrected chi connectivity index (χ3v) is 2.67. The van der Waals surface area contributed by atoms with Gasteiger partial charge in [-0.3, -0.25) is 4.79 Å². The number of hydrogen-bond acceptors (Lipinski definition) is 4. The minimum Gasteiger partial charge on any atom is -0.454 e.